The number of ether oxygens (including phenoxy) is 1. The molecule has 1 heterocycles. The van der Waals surface area contributed by atoms with Crippen LogP contribution in [-0.2, 0) is 17.7 Å². The predicted octanol–water partition coefficient (Wildman–Crippen LogP) is 2.98. The van der Waals surface area contributed by atoms with Gasteiger partial charge in [0.05, 0.1) is 6.61 Å². The monoisotopic (exact) mass is 291 g/mol. The maximum atomic E-state index is 5.05. The Balaban J connectivity index is 2.03. The minimum absolute atomic E-state index is 0.664. The molecule has 108 valence electrons. The Bertz CT molecular complexity index is 568. The lowest BCUT2D eigenvalue weighted by Gasteiger charge is -2.17. The van der Waals surface area contributed by atoms with Crippen LogP contribution in [0.25, 0.3) is 0 Å². The first-order valence-corrected chi connectivity index (χ1v) is 7.46. The van der Waals surface area contributed by atoms with Crippen LogP contribution in [-0.4, -0.2) is 30.1 Å². The first-order chi connectivity index (χ1) is 9.60. The molecule has 0 saturated carbocycles. The van der Waals surface area contributed by atoms with E-state index in [0.29, 0.717) is 6.61 Å². The van der Waals surface area contributed by atoms with E-state index in [-0.39, 0.29) is 0 Å². The first kappa shape index (κ1) is 14.9. The molecule has 1 aromatic heterocycles. The number of aromatic nitrogens is 2. The van der Waals surface area contributed by atoms with Gasteiger partial charge in [-0.15, -0.1) is 0 Å². The van der Waals surface area contributed by atoms with Gasteiger partial charge in [0.1, 0.15) is 5.82 Å². The second kappa shape index (κ2) is 6.81. The second-order valence-electron chi connectivity index (χ2n) is 5.02. The molecule has 0 aliphatic rings. The maximum absolute atomic E-state index is 5.05. The molecular weight excluding hydrogens is 270 g/mol. The molecule has 0 aliphatic carbocycles. The van der Waals surface area contributed by atoms with Crippen LogP contribution in [0.1, 0.15) is 22.5 Å². The average Bonchev–Trinajstić information content (AvgIpc) is 2.88. The van der Waals surface area contributed by atoms with Crippen LogP contribution >= 0.6 is 11.5 Å². The summed E-state index contributed by atoms with van der Waals surface area (Å²) < 4.78 is 9.41. The molecule has 0 aliphatic heterocycles. The summed E-state index contributed by atoms with van der Waals surface area (Å²) in [4.78, 5) is 6.69. The average molecular weight is 291 g/mol. The topological polar surface area (TPSA) is 38.2 Å². The van der Waals surface area contributed by atoms with Crippen LogP contribution in [0.2, 0.25) is 0 Å². The molecule has 1 aromatic carbocycles. The highest BCUT2D eigenvalue weighted by atomic mass is 32.1. The highest BCUT2D eigenvalue weighted by molar-refractivity contribution is 7.09. The molecule has 2 rings (SSSR count). The van der Waals surface area contributed by atoms with E-state index in [1.165, 1.54) is 28.2 Å². The van der Waals surface area contributed by atoms with Gasteiger partial charge in [-0.3, -0.25) is 0 Å². The van der Waals surface area contributed by atoms with Crippen molar-refractivity contribution in [2.24, 2.45) is 0 Å². The summed E-state index contributed by atoms with van der Waals surface area (Å²) in [6.07, 6.45) is 0.768. The fourth-order valence-corrected chi connectivity index (χ4v) is 2.71. The number of nitrogens with zero attached hydrogens (tertiary/aromatic N) is 3. The first-order valence-electron chi connectivity index (χ1n) is 6.69. The summed E-state index contributed by atoms with van der Waals surface area (Å²) in [6.45, 7) is 5.79. The van der Waals surface area contributed by atoms with Crippen LogP contribution in [0.3, 0.4) is 0 Å². The van der Waals surface area contributed by atoms with E-state index in [1.807, 2.05) is 0 Å². The summed E-state index contributed by atoms with van der Waals surface area (Å²) in [5.74, 6) is 0.860. The van der Waals surface area contributed by atoms with E-state index in [9.17, 15) is 0 Å². The molecule has 0 atom stereocenters. The van der Waals surface area contributed by atoms with Crippen molar-refractivity contribution in [3.8, 4) is 0 Å². The third kappa shape index (κ3) is 3.77. The molecule has 0 fully saturated rings. The highest BCUT2D eigenvalue weighted by Gasteiger charge is 2.10. The van der Waals surface area contributed by atoms with E-state index in [4.69, 9.17) is 4.74 Å². The Labute approximate surface area is 124 Å². The molecule has 0 bridgehead atoms. The minimum Gasteiger partial charge on any atom is -0.384 e. The Morgan fingerprint density at radius 1 is 1.30 bits per heavy atom. The van der Waals surface area contributed by atoms with Crippen molar-refractivity contribution >= 4 is 16.7 Å². The summed E-state index contributed by atoms with van der Waals surface area (Å²) in [7, 11) is 3.75. The SMILES string of the molecule is COCCc1nsc(N(C)Cc2ccc(C)cc2C)n1. The van der Waals surface area contributed by atoms with Crippen molar-refractivity contribution in [3.63, 3.8) is 0 Å². The van der Waals surface area contributed by atoms with Crippen molar-refractivity contribution < 1.29 is 4.74 Å². The van der Waals surface area contributed by atoms with Crippen LogP contribution in [0, 0.1) is 13.8 Å². The van der Waals surface area contributed by atoms with E-state index in [1.54, 1.807) is 7.11 Å². The largest absolute Gasteiger partial charge is 0.384 e. The Hall–Kier alpha value is -1.46. The molecule has 2 aromatic rings. The number of benzene rings is 1. The molecule has 0 saturated heterocycles. The molecular formula is C15H21N3OS. The van der Waals surface area contributed by atoms with Crippen molar-refractivity contribution in [3.05, 3.63) is 40.7 Å². The number of aryl methyl sites for hydroxylation is 2. The van der Waals surface area contributed by atoms with Gasteiger partial charge in [-0.25, -0.2) is 4.98 Å². The van der Waals surface area contributed by atoms with Gasteiger partial charge in [-0.2, -0.15) is 4.37 Å². The van der Waals surface area contributed by atoms with Crippen molar-refractivity contribution in [1.29, 1.82) is 0 Å². The van der Waals surface area contributed by atoms with Gasteiger partial charge in [-0.05, 0) is 25.0 Å². The second-order valence-corrected chi connectivity index (χ2v) is 5.75. The Kier molecular flexibility index (Phi) is 5.09. The molecule has 0 spiro atoms. The zero-order chi connectivity index (χ0) is 14.5. The molecule has 4 nitrogen and oxygen atoms in total. The lowest BCUT2D eigenvalue weighted by atomic mass is 10.1. The van der Waals surface area contributed by atoms with Crippen LogP contribution in [0.4, 0.5) is 5.13 Å². The van der Waals surface area contributed by atoms with E-state index < -0.39 is 0 Å². The lowest BCUT2D eigenvalue weighted by Crippen LogP contribution is -2.17. The number of hydrogen-bond donors (Lipinski definition) is 0. The van der Waals surface area contributed by atoms with Crippen LogP contribution in [0.5, 0.6) is 0 Å². The third-order valence-electron chi connectivity index (χ3n) is 3.22. The van der Waals surface area contributed by atoms with E-state index in [2.05, 4.69) is 53.4 Å². The number of hydrogen-bond acceptors (Lipinski definition) is 5. The minimum atomic E-state index is 0.664. The standard InChI is InChI=1S/C15H21N3OS/c1-11-5-6-13(12(2)9-11)10-18(3)15-16-14(17-20-15)7-8-19-4/h5-6,9H,7-8,10H2,1-4H3. The summed E-state index contributed by atoms with van der Waals surface area (Å²) in [5.41, 5.74) is 3.94. The predicted molar refractivity (Wildman–Crippen MR) is 83.5 cm³/mol. The molecule has 20 heavy (non-hydrogen) atoms. The lowest BCUT2D eigenvalue weighted by molar-refractivity contribution is 0.201. The Morgan fingerprint density at radius 3 is 2.80 bits per heavy atom. The van der Waals surface area contributed by atoms with Gasteiger partial charge >= 0.3 is 0 Å². The molecule has 0 radical (unpaired) electrons. The van der Waals surface area contributed by atoms with Gasteiger partial charge < -0.3 is 9.64 Å². The van der Waals surface area contributed by atoms with Crippen molar-refractivity contribution in [1.82, 2.24) is 9.36 Å². The number of methoxy groups -OCH3 is 1. The summed E-state index contributed by atoms with van der Waals surface area (Å²) in [6, 6.07) is 6.56. The Morgan fingerprint density at radius 2 is 2.10 bits per heavy atom. The summed E-state index contributed by atoms with van der Waals surface area (Å²) in [5, 5.41) is 0.955. The van der Waals surface area contributed by atoms with Gasteiger partial charge in [0.2, 0.25) is 5.13 Å². The molecule has 0 amide bonds. The smallest absolute Gasteiger partial charge is 0.205 e. The van der Waals surface area contributed by atoms with Gasteiger partial charge in [0, 0.05) is 38.7 Å². The highest BCUT2D eigenvalue weighted by Crippen LogP contribution is 2.20. The van der Waals surface area contributed by atoms with Crippen molar-refractivity contribution in [2.75, 3.05) is 25.7 Å². The summed E-state index contributed by atoms with van der Waals surface area (Å²) >= 11 is 1.45. The fraction of sp³-hybridized carbons (Fsp3) is 0.467. The molecule has 0 unspecified atom stereocenters. The van der Waals surface area contributed by atoms with Gasteiger partial charge in [0.25, 0.3) is 0 Å². The zero-order valence-corrected chi connectivity index (χ0v) is 13.3. The normalized spacial score (nSPS) is 10.8. The zero-order valence-electron chi connectivity index (χ0n) is 12.5. The number of anilines is 1. The van der Waals surface area contributed by atoms with Crippen LogP contribution < -0.4 is 4.90 Å². The molecule has 5 heteroatoms. The maximum Gasteiger partial charge on any atom is 0.205 e. The van der Waals surface area contributed by atoms with Crippen LogP contribution in [0.15, 0.2) is 18.2 Å². The number of rotatable bonds is 6. The quantitative estimate of drug-likeness (QED) is 0.820. The van der Waals surface area contributed by atoms with Gasteiger partial charge in [-0.1, -0.05) is 23.8 Å². The fourth-order valence-electron chi connectivity index (χ4n) is 2.04. The van der Waals surface area contributed by atoms with E-state index >= 15 is 0 Å². The van der Waals surface area contributed by atoms with E-state index in [0.717, 1.165) is 23.9 Å². The third-order valence-corrected chi connectivity index (χ3v) is 4.09. The molecule has 0 N–H and O–H groups in total. The van der Waals surface area contributed by atoms with Gasteiger partial charge in [0.15, 0.2) is 0 Å². The van der Waals surface area contributed by atoms with Crippen molar-refractivity contribution in [2.45, 2.75) is 26.8 Å².